The third-order valence-corrected chi connectivity index (χ3v) is 7.95. The van der Waals surface area contributed by atoms with E-state index in [1.165, 1.54) is 4.90 Å². The van der Waals surface area contributed by atoms with Gasteiger partial charge in [0, 0.05) is 23.7 Å². The Morgan fingerprint density at radius 2 is 1.77 bits per heavy atom. The summed E-state index contributed by atoms with van der Waals surface area (Å²) in [4.78, 5) is 1.59. The molecular formula is C21H25NO2S2. The lowest BCUT2D eigenvalue weighted by atomic mass is 9.92. The maximum atomic E-state index is 13.0. The van der Waals surface area contributed by atoms with E-state index in [1.807, 2.05) is 44.2 Å². The zero-order valence-electron chi connectivity index (χ0n) is 15.3. The molecule has 1 fully saturated rings. The van der Waals surface area contributed by atoms with Crippen molar-refractivity contribution in [3.05, 3.63) is 72.3 Å². The number of thioether (sulfide) groups is 1. The summed E-state index contributed by atoms with van der Waals surface area (Å²) in [5, 5.41) is 0. The van der Waals surface area contributed by atoms with Crippen LogP contribution in [0.4, 0.5) is 0 Å². The van der Waals surface area contributed by atoms with Gasteiger partial charge in [-0.2, -0.15) is 4.31 Å². The molecule has 3 rings (SSSR count). The lowest BCUT2D eigenvalue weighted by Crippen LogP contribution is -2.29. The fourth-order valence-electron chi connectivity index (χ4n) is 3.33. The standard InChI is InChI=1S/C21H25NO2S2/c1-16(2)21-14-22(26(23,24)20-11-9-17(3)10-12-20)13-18(21)15-25-19-7-5-4-6-8-19/h4-12,18,21H,1,13-15H2,2-3H3. The van der Waals surface area contributed by atoms with Crippen LogP contribution >= 0.6 is 11.8 Å². The molecule has 2 aromatic carbocycles. The quantitative estimate of drug-likeness (QED) is 0.537. The Morgan fingerprint density at radius 1 is 1.12 bits per heavy atom. The summed E-state index contributed by atoms with van der Waals surface area (Å²) in [6, 6.07) is 17.4. The fourth-order valence-corrected chi connectivity index (χ4v) is 5.95. The van der Waals surface area contributed by atoms with E-state index < -0.39 is 10.0 Å². The zero-order valence-corrected chi connectivity index (χ0v) is 16.9. The van der Waals surface area contributed by atoms with Gasteiger partial charge in [0.05, 0.1) is 4.90 Å². The van der Waals surface area contributed by atoms with E-state index in [9.17, 15) is 8.42 Å². The lowest BCUT2D eigenvalue weighted by molar-refractivity contribution is 0.464. The van der Waals surface area contributed by atoms with Gasteiger partial charge in [-0.3, -0.25) is 0 Å². The number of rotatable bonds is 6. The van der Waals surface area contributed by atoms with E-state index in [0.717, 1.165) is 16.9 Å². The number of hydrogen-bond donors (Lipinski definition) is 0. The van der Waals surface area contributed by atoms with E-state index in [1.54, 1.807) is 28.2 Å². The van der Waals surface area contributed by atoms with E-state index in [4.69, 9.17) is 0 Å². The van der Waals surface area contributed by atoms with Gasteiger partial charge >= 0.3 is 0 Å². The molecule has 0 N–H and O–H groups in total. The van der Waals surface area contributed by atoms with Crippen molar-refractivity contribution < 1.29 is 8.42 Å². The van der Waals surface area contributed by atoms with Gasteiger partial charge < -0.3 is 0 Å². The minimum atomic E-state index is -3.45. The van der Waals surface area contributed by atoms with Gasteiger partial charge in [-0.15, -0.1) is 11.8 Å². The van der Waals surface area contributed by atoms with Gasteiger partial charge in [-0.1, -0.05) is 48.0 Å². The van der Waals surface area contributed by atoms with Gasteiger partial charge in [0.25, 0.3) is 0 Å². The third-order valence-electron chi connectivity index (χ3n) is 4.91. The summed E-state index contributed by atoms with van der Waals surface area (Å²) in [7, 11) is -3.45. The highest BCUT2D eigenvalue weighted by atomic mass is 32.2. The van der Waals surface area contributed by atoms with E-state index in [0.29, 0.717) is 18.0 Å². The minimum Gasteiger partial charge on any atom is -0.207 e. The minimum absolute atomic E-state index is 0.200. The zero-order chi connectivity index (χ0) is 18.7. The van der Waals surface area contributed by atoms with Crippen LogP contribution in [0, 0.1) is 18.8 Å². The number of aryl methyl sites for hydroxylation is 1. The molecule has 0 bridgehead atoms. The van der Waals surface area contributed by atoms with Crippen molar-refractivity contribution in [1.82, 2.24) is 4.31 Å². The molecule has 0 aliphatic carbocycles. The van der Waals surface area contributed by atoms with Crippen LogP contribution in [-0.2, 0) is 10.0 Å². The van der Waals surface area contributed by atoms with Crippen LogP contribution in [0.5, 0.6) is 0 Å². The molecule has 1 heterocycles. The number of hydrogen-bond acceptors (Lipinski definition) is 3. The van der Waals surface area contributed by atoms with Gasteiger partial charge in [-0.05, 0) is 49.9 Å². The van der Waals surface area contributed by atoms with Crippen LogP contribution < -0.4 is 0 Å². The van der Waals surface area contributed by atoms with Gasteiger partial charge in [-0.25, -0.2) is 8.42 Å². The Kier molecular flexibility index (Phi) is 5.90. The smallest absolute Gasteiger partial charge is 0.207 e. The lowest BCUT2D eigenvalue weighted by Gasteiger charge is -2.17. The molecule has 1 aliphatic heterocycles. The van der Waals surface area contributed by atoms with Crippen LogP contribution in [0.2, 0.25) is 0 Å². The predicted molar refractivity (Wildman–Crippen MR) is 109 cm³/mol. The van der Waals surface area contributed by atoms with E-state index in [2.05, 4.69) is 18.7 Å². The van der Waals surface area contributed by atoms with Crippen molar-refractivity contribution >= 4 is 21.8 Å². The van der Waals surface area contributed by atoms with Gasteiger partial charge in [0.15, 0.2) is 0 Å². The molecular weight excluding hydrogens is 362 g/mol. The molecule has 138 valence electrons. The maximum absolute atomic E-state index is 13.0. The highest BCUT2D eigenvalue weighted by Crippen LogP contribution is 2.36. The Balaban J connectivity index is 1.76. The molecule has 2 unspecified atom stereocenters. The average molecular weight is 388 g/mol. The van der Waals surface area contributed by atoms with E-state index in [-0.39, 0.29) is 11.8 Å². The Labute approximate surface area is 161 Å². The molecule has 2 atom stereocenters. The number of benzene rings is 2. The molecule has 1 saturated heterocycles. The first kappa shape index (κ1) is 19.2. The maximum Gasteiger partial charge on any atom is 0.243 e. The molecule has 0 saturated carbocycles. The Hall–Kier alpha value is -1.56. The summed E-state index contributed by atoms with van der Waals surface area (Å²) in [5.74, 6) is 1.37. The predicted octanol–water partition coefficient (Wildman–Crippen LogP) is 4.60. The molecule has 1 aliphatic rings. The second-order valence-corrected chi connectivity index (χ2v) is 10.0. The highest BCUT2D eigenvalue weighted by Gasteiger charge is 2.39. The van der Waals surface area contributed by atoms with Crippen molar-refractivity contribution in [2.75, 3.05) is 18.8 Å². The number of sulfonamides is 1. The molecule has 0 spiro atoms. The van der Waals surface area contributed by atoms with Crippen molar-refractivity contribution in [3.8, 4) is 0 Å². The SMILES string of the molecule is C=C(C)C1CN(S(=O)(=O)c2ccc(C)cc2)CC1CSc1ccccc1. The van der Waals surface area contributed by atoms with Crippen LogP contribution in [0.15, 0.2) is 76.5 Å². The first-order valence-corrected chi connectivity index (χ1v) is 11.2. The normalized spacial score (nSPS) is 21.0. The van der Waals surface area contributed by atoms with Crippen molar-refractivity contribution in [2.45, 2.75) is 23.6 Å². The first-order valence-electron chi connectivity index (χ1n) is 8.78. The third kappa shape index (κ3) is 4.22. The fraction of sp³-hybridized carbons (Fsp3) is 0.333. The first-order chi connectivity index (χ1) is 12.4. The van der Waals surface area contributed by atoms with Crippen LogP contribution in [0.25, 0.3) is 0 Å². The second kappa shape index (κ2) is 7.99. The van der Waals surface area contributed by atoms with Crippen molar-refractivity contribution in [1.29, 1.82) is 0 Å². The number of nitrogens with zero attached hydrogens (tertiary/aromatic N) is 1. The summed E-state index contributed by atoms with van der Waals surface area (Å²) in [6.07, 6.45) is 0. The van der Waals surface area contributed by atoms with Crippen LogP contribution in [0.3, 0.4) is 0 Å². The van der Waals surface area contributed by atoms with Crippen LogP contribution in [-0.4, -0.2) is 31.6 Å². The monoisotopic (exact) mass is 387 g/mol. The largest absolute Gasteiger partial charge is 0.243 e. The molecule has 2 aromatic rings. The Morgan fingerprint density at radius 3 is 2.38 bits per heavy atom. The van der Waals surface area contributed by atoms with Gasteiger partial charge in [0.2, 0.25) is 10.0 Å². The van der Waals surface area contributed by atoms with Crippen molar-refractivity contribution in [3.63, 3.8) is 0 Å². The second-order valence-electron chi connectivity index (χ2n) is 6.97. The summed E-state index contributed by atoms with van der Waals surface area (Å²) in [6.45, 7) is 9.15. The molecule has 5 heteroatoms. The summed E-state index contributed by atoms with van der Waals surface area (Å²) >= 11 is 1.79. The van der Waals surface area contributed by atoms with Crippen LogP contribution in [0.1, 0.15) is 12.5 Å². The topological polar surface area (TPSA) is 37.4 Å². The molecule has 0 radical (unpaired) electrons. The highest BCUT2D eigenvalue weighted by molar-refractivity contribution is 7.99. The summed E-state index contributed by atoms with van der Waals surface area (Å²) in [5.41, 5.74) is 2.12. The molecule has 3 nitrogen and oxygen atoms in total. The molecule has 0 amide bonds. The molecule has 26 heavy (non-hydrogen) atoms. The molecule has 0 aromatic heterocycles. The Bertz CT molecular complexity index is 861. The average Bonchev–Trinajstić information content (AvgIpc) is 3.07. The van der Waals surface area contributed by atoms with Crippen molar-refractivity contribution in [2.24, 2.45) is 11.8 Å². The van der Waals surface area contributed by atoms with E-state index >= 15 is 0 Å². The summed E-state index contributed by atoms with van der Waals surface area (Å²) < 4.78 is 27.7. The van der Waals surface area contributed by atoms with Gasteiger partial charge in [0.1, 0.15) is 0 Å².